The molecule has 2 aromatic carbocycles. The molecular formula is C23H31N5O2. The SMILES string of the molecule is CN1CCN(C(CNC(=O)C(=O)Nc2ccccc2)c2ccc(N(C)C)cc2)CC1. The van der Waals surface area contributed by atoms with Gasteiger partial charge in [-0.3, -0.25) is 14.5 Å². The monoisotopic (exact) mass is 409 g/mol. The van der Waals surface area contributed by atoms with Crippen LogP contribution in [-0.2, 0) is 9.59 Å². The molecule has 0 aromatic heterocycles. The van der Waals surface area contributed by atoms with Crippen molar-refractivity contribution in [1.29, 1.82) is 0 Å². The van der Waals surface area contributed by atoms with Crippen LogP contribution < -0.4 is 15.5 Å². The normalized spacial score (nSPS) is 16.0. The predicted octanol–water partition coefficient (Wildman–Crippen LogP) is 1.80. The molecule has 2 amide bonds. The number of nitrogens with one attached hydrogen (secondary N) is 2. The minimum Gasteiger partial charge on any atom is -0.378 e. The van der Waals surface area contributed by atoms with Crippen molar-refractivity contribution >= 4 is 23.2 Å². The maximum Gasteiger partial charge on any atom is 0.313 e. The summed E-state index contributed by atoms with van der Waals surface area (Å²) in [5, 5.41) is 5.46. The zero-order valence-corrected chi connectivity index (χ0v) is 18.0. The van der Waals surface area contributed by atoms with E-state index < -0.39 is 11.8 Å². The van der Waals surface area contributed by atoms with E-state index in [0.29, 0.717) is 12.2 Å². The first-order chi connectivity index (χ1) is 14.4. The summed E-state index contributed by atoms with van der Waals surface area (Å²) in [5.74, 6) is -1.27. The summed E-state index contributed by atoms with van der Waals surface area (Å²) in [5.41, 5.74) is 2.86. The Bertz CT molecular complexity index is 830. The maximum atomic E-state index is 12.4. The first-order valence-corrected chi connectivity index (χ1v) is 10.3. The predicted molar refractivity (Wildman–Crippen MR) is 121 cm³/mol. The van der Waals surface area contributed by atoms with Gasteiger partial charge in [0, 0.05) is 58.2 Å². The smallest absolute Gasteiger partial charge is 0.313 e. The van der Waals surface area contributed by atoms with E-state index in [0.717, 1.165) is 37.4 Å². The van der Waals surface area contributed by atoms with E-state index >= 15 is 0 Å². The zero-order chi connectivity index (χ0) is 21.5. The lowest BCUT2D eigenvalue weighted by Crippen LogP contribution is -2.49. The van der Waals surface area contributed by atoms with Gasteiger partial charge in [0.2, 0.25) is 0 Å². The van der Waals surface area contributed by atoms with Crippen LogP contribution in [0.3, 0.4) is 0 Å². The van der Waals surface area contributed by atoms with Gasteiger partial charge in [-0.1, -0.05) is 30.3 Å². The van der Waals surface area contributed by atoms with E-state index in [1.807, 2.05) is 32.3 Å². The molecule has 7 nitrogen and oxygen atoms in total. The molecule has 2 N–H and O–H groups in total. The highest BCUT2D eigenvalue weighted by molar-refractivity contribution is 6.39. The Morgan fingerprint density at radius 2 is 1.57 bits per heavy atom. The van der Waals surface area contributed by atoms with E-state index in [2.05, 4.69) is 56.6 Å². The van der Waals surface area contributed by atoms with Crippen molar-refractivity contribution in [3.63, 3.8) is 0 Å². The van der Waals surface area contributed by atoms with Crippen molar-refractivity contribution in [2.75, 3.05) is 64.1 Å². The largest absolute Gasteiger partial charge is 0.378 e. The van der Waals surface area contributed by atoms with Gasteiger partial charge < -0.3 is 20.4 Å². The molecule has 160 valence electrons. The molecule has 7 heteroatoms. The molecule has 1 heterocycles. The van der Waals surface area contributed by atoms with E-state index in [1.165, 1.54) is 0 Å². The maximum absolute atomic E-state index is 12.4. The van der Waals surface area contributed by atoms with Crippen LogP contribution in [0.4, 0.5) is 11.4 Å². The highest BCUT2D eigenvalue weighted by Gasteiger charge is 2.25. The van der Waals surface area contributed by atoms with Crippen LogP contribution in [0.25, 0.3) is 0 Å². The highest BCUT2D eigenvalue weighted by Crippen LogP contribution is 2.24. The van der Waals surface area contributed by atoms with E-state index in [9.17, 15) is 9.59 Å². The molecule has 1 fully saturated rings. The van der Waals surface area contributed by atoms with Crippen LogP contribution in [0.2, 0.25) is 0 Å². The first kappa shape index (κ1) is 21.8. The standard InChI is InChI=1S/C23H31N5O2/c1-26(2)20-11-9-18(10-12-20)21(28-15-13-27(3)14-16-28)17-24-22(29)23(30)25-19-7-5-4-6-8-19/h4-12,21H,13-17H2,1-3H3,(H,24,29)(H,25,30). The summed E-state index contributed by atoms with van der Waals surface area (Å²) in [6.45, 7) is 4.18. The minimum absolute atomic E-state index is 0.0170. The van der Waals surface area contributed by atoms with Gasteiger partial charge in [0.25, 0.3) is 0 Å². The number of likely N-dealkylation sites (N-methyl/N-ethyl adjacent to an activating group) is 1. The van der Waals surface area contributed by atoms with Crippen LogP contribution in [-0.4, -0.2) is 75.5 Å². The van der Waals surface area contributed by atoms with Crippen molar-refractivity contribution in [2.45, 2.75) is 6.04 Å². The van der Waals surface area contributed by atoms with Crippen molar-refractivity contribution in [3.8, 4) is 0 Å². The van der Waals surface area contributed by atoms with Crippen LogP contribution in [0, 0.1) is 0 Å². The second-order valence-corrected chi connectivity index (χ2v) is 7.87. The lowest BCUT2D eigenvalue weighted by atomic mass is 10.0. The van der Waals surface area contributed by atoms with Gasteiger partial charge in [-0.2, -0.15) is 0 Å². The summed E-state index contributed by atoms with van der Waals surface area (Å²) in [6.07, 6.45) is 0. The molecule has 1 unspecified atom stereocenters. The van der Waals surface area contributed by atoms with Crippen molar-refractivity contribution in [2.24, 2.45) is 0 Å². The number of piperazine rings is 1. The molecule has 3 rings (SSSR count). The Balaban J connectivity index is 1.67. The van der Waals surface area contributed by atoms with E-state index in [1.54, 1.807) is 12.1 Å². The Labute approximate surface area is 178 Å². The van der Waals surface area contributed by atoms with Crippen molar-refractivity contribution < 1.29 is 9.59 Å². The fourth-order valence-corrected chi connectivity index (χ4v) is 3.56. The first-order valence-electron chi connectivity index (χ1n) is 10.3. The van der Waals surface area contributed by atoms with E-state index in [-0.39, 0.29) is 6.04 Å². The van der Waals surface area contributed by atoms with Crippen molar-refractivity contribution in [3.05, 3.63) is 60.2 Å². The summed E-state index contributed by atoms with van der Waals surface area (Å²) in [6, 6.07) is 17.4. The van der Waals surface area contributed by atoms with Crippen LogP contribution >= 0.6 is 0 Å². The summed E-state index contributed by atoms with van der Waals surface area (Å²) in [4.78, 5) is 31.4. The third-order valence-corrected chi connectivity index (χ3v) is 5.47. The lowest BCUT2D eigenvalue weighted by molar-refractivity contribution is -0.136. The van der Waals surface area contributed by atoms with Gasteiger partial charge in [0.15, 0.2) is 0 Å². The average molecular weight is 410 g/mol. The molecule has 2 aromatic rings. The summed E-state index contributed by atoms with van der Waals surface area (Å²) < 4.78 is 0. The van der Waals surface area contributed by atoms with Gasteiger partial charge in [0.05, 0.1) is 6.04 Å². The summed E-state index contributed by atoms with van der Waals surface area (Å²) in [7, 11) is 6.14. The molecule has 1 atom stereocenters. The number of rotatable bonds is 6. The van der Waals surface area contributed by atoms with Gasteiger partial charge in [-0.15, -0.1) is 0 Å². The third-order valence-electron chi connectivity index (χ3n) is 5.47. The minimum atomic E-state index is -0.652. The number of nitrogens with zero attached hydrogens (tertiary/aromatic N) is 3. The number of benzene rings is 2. The fraction of sp³-hybridized carbons (Fsp3) is 0.391. The molecule has 0 bridgehead atoms. The van der Waals surface area contributed by atoms with Gasteiger partial charge in [0.1, 0.15) is 0 Å². The quantitative estimate of drug-likeness (QED) is 0.712. The fourth-order valence-electron chi connectivity index (χ4n) is 3.56. The Morgan fingerprint density at radius 1 is 0.933 bits per heavy atom. The number of hydrogen-bond donors (Lipinski definition) is 2. The second-order valence-electron chi connectivity index (χ2n) is 7.87. The molecule has 1 saturated heterocycles. The topological polar surface area (TPSA) is 67.9 Å². The molecule has 0 saturated carbocycles. The second kappa shape index (κ2) is 10.2. The van der Waals surface area contributed by atoms with Crippen molar-refractivity contribution in [1.82, 2.24) is 15.1 Å². The van der Waals surface area contributed by atoms with Gasteiger partial charge in [-0.05, 0) is 36.9 Å². The number of hydrogen-bond acceptors (Lipinski definition) is 5. The van der Waals surface area contributed by atoms with Crippen LogP contribution in [0.1, 0.15) is 11.6 Å². The average Bonchev–Trinajstić information content (AvgIpc) is 2.76. The molecule has 0 aliphatic carbocycles. The third kappa shape index (κ3) is 5.81. The zero-order valence-electron chi connectivity index (χ0n) is 18.0. The lowest BCUT2D eigenvalue weighted by Gasteiger charge is -2.38. The summed E-state index contributed by atoms with van der Waals surface area (Å²) >= 11 is 0. The molecule has 30 heavy (non-hydrogen) atoms. The highest BCUT2D eigenvalue weighted by atomic mass is 16.2. The number of para-hydroxylation sites is 1. The van der Waals surface area contributed by atoms with E-state index in [4.69, 9.17) is 0 Å². The molecule has 1 aliphatic rings. The number of anilines is 2. The molecule has 0 radical (unpaired) electrons. The molecule has 0 spiro atoms. The Morgan fingerprint density at radius 3 is 2.17 bits per heavy atom. The number of carbonyl (C=O) groups excluding carboxylic acids is 2. The molecular weight excluding hydrogens is 378 g/mol. The molecule has 1 aliphatic heterocycles. The van der Waals surface area contributed by atoms with Crippen LogP contribution in [0.5, 0.6) is 0 Å². The Kier molecular flexibility index (Phi) is 7.43. The van der Waals surface area contributed by atoms with Gasteiger partial charge in [-0.25, -0.2) is 0 Å². The van der Waals surface area contributed by atoms with Crippen LogP contribution in [0.15, 0.2) is 54.6 Å². The number of amides is 2. The van der Waals surface area contributed by atoms with Gasteiger partial charge >= 0.3 is 11.8 Å². The Hall–Kier alpha value is -2.90. The number of carbonyl (C=O) groups is 2.